The molecule has 3 nitrogen and oxygen atoms in total. The molecule has 0 amide bonds. The Morgan fingerprint density at radius 2 is 1.82 bits per heavy atom. The fourth-order valence-corrected chi connectivity index (χ4v) is 1.66. The van der Waals surface area contributed by atoms with Gasteiger partial charge in [0.2, 0.25) is 0 Å². The van der Waals surface area contributed by atoms with Gasteiger partial charge in [-0.25, -0.2) is 0 Å². The molecule has 0 aliphatic carbocycles. The van der Waals surface area contributed by atoms with Gasteiger partial charge >= 0.3 is 12.1 Å². The molecule has 1 aromatic rings. The van der Waals surface area contributed by atoms with Crippen LogP contribution in [0.5, 0.6) is 0 Å². The van der Waals surface area contributed by atoms with E-state index in [0.29, 0.717) is 0 Å². The van der Waals surface area contributed by atoms with Gasteiger partial charge in [0.1, 0.15) is 0 Å². The van der Waals surface area contributed by atoms with Gasteiger partial charge in [-0.15, -0.1) is 0 Å². The van der Waals surface area contributed by atoms with E-state index in [1.54, 1.807) is 0 Å². The van der Waals surface area contributed by atoms with Crippen LogP contribution in [-0.2, 0) is 10.4 Å². The van der Waals surface area contributed by atoms with E-state index in [1.807, 2.05) is 0 Å². The molecule has 7 heteroatoms. The van der Waals surface area contributed by atoms with Crippen LogP contribution in [-0.4, -0.2) is 22.4 Å². The molecule has 94 valence electrons. The molecule has 1 atom stereocenters. The first-order chi connectivity index (χ1) is 7.68. The number of aliphatic hydroxyl groups is 1. The third-order valence-electron chi connectivity index (χ3n) is 2.20. The summed E-state index contributed by atoms with van der Waals surface area (Å²) >= 11 is 5.55. The van der Waals surface area contributed by atoms with Crippen LogP contribution in [0.2, 0.25) is 5.02 Å². The molecule has 0 aliphatic heterocycles. The summed E-state index contributed by atoms with van der Waals surface area (Å²) in [6.45, 7) is 0. The van der Waals surface area contributed by atoms with Crippen LogP contribution in [0.4, 0.5) is 13.2 Å². The minimum absolute atomic E-state index is 0.339. The van der Waals surface area contributed by atoms with E-state index in [-0.39, 0.29) is 5.02 Å². The van der Waals surface area contributed by atoms with Crippen molar-refractivity contribution in [1.82, 2.24) is 0 Å². The average molecular weight is 269 g/mol. The average Bonchev–Trinajstić information content (AvgIpc) is 2.15. The molecular weight excluding hydrogens is 261 g/mol. The first-order valence-electron chi connectivity index (χ1n) is 4.44. The fraction of sp³-hybridized carbons (Fsp3) is 0.300. The Balaban J connectivity index is 3.35. The summed E-state index contributed by atoms with van der Waals surface area (Å²) in [6, 6.07) is 4.71. The molecule has 0 radical (unpaired) electrons. The Hall–Kier alpha value is -1.27. The fourth-order valence-electron chi connectivity index (χ4n) is 1.36. The molecule has 0 aliphatic rings. The maximum Gasteiger partial charge on any atom is 0.422 e. The zero-order chi connectivity index (χ0) is 13.3. The van der Waals surface area contributed by atoms with Crippen molar-refractivity contribution in [2.75, 3.05) is 0 Å². The van der Waals surface area contributed by atoms with Crippen molar-refractivity contribution >= 4 is 17.6 Å². The largest absolute Gasteiger partial charge is 0.481 e. The Labute approximate surface area is 99.4 Å². The van der Waals surface area contributed by atoms with Gasteiger partial charge in [0, 0.05) is 10.6 Å². The second kappa shape index (κ2) is 4.54. The van der Waals surface area contributed by atoms with Gasteiger partial charge in [-0.2, -0.15) is 13.2 Å². The van der Waals surface area contributed by atoms with Crippen LogP contribution in [0.15, 0.2) is 24.3 Å². The predicted octanol–water partition coefficient (Wildman–Crippen LogP) is 2.56. The number of carboxylic acids is 1. The maximum absolute atomic E-state index is 12.8. The maximum atomic E-state index is 12.8. The number of halogens is 4. The highest BCUT2D eigenvalue weighted by Gasteiger charge is 2.57. The molecule has 0 saturated heterocycles. The molecule has 0 bridgehead atoms. The van der Waals surface area contributed by atoms with Crippen LogP contribution < -0.4 is 0 Å². The summed E-state index contributed by atoms with van der Waals surface area (Å²) in [5.41, 5.74) is -4.16. The molecule has 17 heavy (non-hydrogen) atoms. The first kappa shape index (κ1) is 13.8. The van der Waals surface area contributed by atoms with Crippen molar-refractivity contribution < 1.29 is 28.2 Å². The Morgan fingerprint density at radius 3 is 2.24 bits per heavy atom. The van der Waals surface area contributed by atoms with E-state index in [2.05, 4.69) is 0 Å². The molecule has 1 aromatic carbocycles. The van der Waals surface area contributed by atoms with Crippen LogP contribution in [0.25, 0.3) is 0 Å². The summed E-state index contributed by atoms with van der Waals surface area (Å²) < 4.78 is 38.3. The monoisotopic (exact) mass is 268 g/mol. The van der Waals surface area contributed by atoms with Crippen molar-refractivity contribution in [3.63, 3.8) is 0 Å². The van der Waals surface area contributed by atoms with E-state index < -0.39 is 29.7 Å². The number of aliphatic carboxylic acids is 1. The van der Waals surface area contributed by atoms with Crippen LogP contribution in [0, 0.1) is 0 Å². The Kier molecular flexibility index (Phi) is 3.68. The van der Waals surface area contributed by atoms with Gasteiger partial charge in [-0.1, -0.05) is 29.8 Å². The molecule has 0 fully saturated rings. The lowest BCUT2D eigenvalue weighted by Gasteiger charge is -2.30. The molecule has 0 aromatic heterocycles. The highest BCUT2D eigenvalue weighted by atomic mass is 35.5. The summed E-state index contributed by atoms with van der Waals surface area (Å²) in [6.07, 6.45) is -6.63. The minimum atomic E-state index is -5.13. The van der Waals surface area contributed by atoms with Gasteiger partial charge < -0.3 is 10.2 Å². The molecule has 2 N–H and O–H groups in total. The highest BCUT2D eigenvalue weighted by Crippen LogP contribution is 2.43. The second-order valence-electron chi connectivity index (χ2n) is 3.41. The number of hydrogen-bond donors (Lipinski definition) is 2. The van der Waals surface area contributed by atoms with Gasteiger partial charge in [0.05, 0.1) is 6.42 Å². The lowest BCUT2D eigenvalue weighted by atomic mass is 9.89. The summed E-state index contributed by atoms with van der Waals surface area (Å²) in [5.74, 6) is -1.77. The number of carboxylic acid groups (broad SMARTS) is 1. The molecular formula is C10H8ClF3O3. The van der Waals surface area contributed by atoms with E-state index in [4.69, 9.17) is 16.7 Å². The number of rotatable bonds is 3. The van der Waals surface area contributed by atoms with E-state index >= 15 is 0 Å². The lowest BCUT2D eigenvalue weighted by molar-refractivity contribution is -0.269. The standard InChI is InChI=1S/C10H8ClF3O3/c11-7-4-2-1-3-6(7)9(17,5-8(15)16)10(12,13)14/h1-4,17H,5H2,(H,15,16). The zero-order valence-corrected chi connectivity index (χ0v) is 9.09. The number of benzene rings is 1. The molecule has 1 rings (SSSR count). The van der Waals surface area contributed by atoms with Crippen LogP contribution in [0.1, 0.15) is 12.0 Å². The lowest BCUT2D eigenvalue weighted by Crippen LogP contribution is -2.44. The SMILES string of the molecule is O=C(O)CC(O)(c1ccccc1Cl)C(F)(F)F. The molecule has 0 saturated carbocycles. The first-order valence-corrected chi connectivity index (χ1v) is 4.82. The van der Waals surface area contributed by atoms with Crippen molar-refractivity contribution in [3.8, 4) is 0 Å². The van der Waals surface area contributed by atoms with Crippen molar-refractivity contribution in [3.05, 3.63) is 34.9 Å². The number of alkyl halides is 3. The second-order valence-corrected chi connectivity index (χ2v) is 3.82. The smallest absolute Gasteiger partial charge is 0.422 e. The third kappa shape index (κ3) is 2.70. The van der Waals surface area contributed by atoms with E-state index in [1.165, 1.54) is 12.1 Å². The van der Waals surface area contributed by atoms with Crippen LogP contribution in [0.3, 0.4) is 0 Å². The molecule has 0 heterocycles. The zero-order valence-electron chi connectivity index (χ0n) is 8.33. The van der Waals surface area contributed by atoms with Gasteiger partial charge in [-0.05, 0) is 6.07 Å². The van der Waals surface area contributed by atoms with Crippen molar-refractivity contribution in [2.24, 2.45) is 0 Å². The molecule has 0 spiro atoms. The van der Waals surface area contributed by atoms with Gasteiger partial charge in [0.15, 0.2) is 5.60 Å². The van der Waals surface area contributed by atoms with Crippen LogP contribution >= 0.6 is 11.6 Å². The summed E-state index contributed by atoms with van der Waals surface area (Å²) in [7, 11) is 0. The minimum Gasteiger partial charge on any atom is -0.481 e. The number of carbonyl (C=O) groups is 1. The summed E-state index contributed by atoms with van der Waals surface area (Å²) in [4.78, 5) is 10.4. The molecule has 1 unspecified atom stereocenters. The van der Waals surface area contributed by atoms with E-state index in [9.17, 15) is 23.1 Å². The quantitative estimate of drug-likeness (QED) is 0.886. The van der Waals surface area contributed by atoms with Gasteiger partial charge in [-0.3, -0.25) is 4.79 Å². The predicted molar refractivity (Wildman–Crippen MR) is 53.7 cm³/mol. The van der Waals surface area contributed by atoms with E-state index in [0.717, 1.165) is 12.1 Å². The Bertz CT molecular complexity index is 433. The third-order valence-corrected chi connectivity index (χ3v) is 2.53. The van der Waals surface area contributed by atoms with Crippen molar-refractivity contribution in [2.45, 2.75) is 18.2 Å². The Morgan fingerprint density at radius 1 is 1.29 bits per heavy atom. The summed E-state index contributed by atoms with van der Waals surface area (Å²) in [5, 5.41) is 17.7. The van der Waals surface area contributed by atoms with Crippen molar-refractivity contribution in [1.29, 1.82) is 0 Å². The highest BCUT2D eigenvalue weighted by molar-refractivity contribution is 6.31. The van der Waals surface area contributed by atoms with Gasteiger partial charge in [0.25, 0.3) is 0 Å². The normalized spacial score (nSPS) is 15.4. The topological polar surface area (TPSA) is 57.5 Å². The number of hydrogen-bond acceptors (Lipinski definition) is 2.